The van der Waals surface area contributed by atoms with Gasteiger partial charge in [-0.1, -0.05) is 59.8 Å². The van der Waals surface area contributed by atoms with Gasteiger partial charge in [0.2, 0.25) is 5.91 Å². The molecule has 2 N–H and O–H groups in total. The molecule has 1 fully saturated rings. The Morgan fingerprint density at radius 1 is 1.26 bits per heavy atom. The Morgan fingerprint density at radius 3 is 2.78 bits per heavy atom. The lowest BCUT2D eigenvalue weighted by Gasteiger charge is -2.14. The lowest BCUT2D eigenvalue weighted by molar-refractivity contribution is -0.122. The molecule has 1 heterocycles. The summed E-state index contributed by atoms with van der Waals surface area (Å²) in [6.45, 7) is 0.176. The third-order valence-electron chi connectivity index (χ3n) is 3.76. The molecule has 0 aliphatic carbocycles. The molecular formula is C19H15ClN2O3S2. The largest absolute Gasteiger partial charge is 0.508 e. The Morgan fingerprint density at radius 2 is 2.04 bits per heavy atom. The third kappa shape index (κ3) is 4.88. The quantitative estimate of drug-likeness (QED) is 0.560. The minimum atomic E-state index is -0.273. The summed E-state index contributed by atoms with van der Waals surface area (Å²) >= 11 is 12.6. The van der Waals surface area contributed by atoms with Crippen molar-refractivity contribution in [1.82, 2.24) is 4.90 Å². The molecule has 2 amide bonds. The van der Waals surface area contributed by atoms with Crippen LogP contribution in [0.4, 0.5) is 5.69 Å². The van der Waals surface area contributed by atoms with E-state index in [4.69, 9.17) is 23.8 Å². The number of aromatic hydroxyl groups is 1. The SMILES string of the molecule is O=C(CCN1C(=O)/C(=C\c2ccccc2Cl)SC1=S)Nc1cccc(O)c1. The van der Waals surface area contributed by atoms with Gasteiger partial charge in [0.05, 0.1) is 4.91 Å². The van der Waals surface area contributed by atoms with Gasteiger partial charge >= 0.3 is 0 Å². The highest BCUT2D eigenvalue weighted by molar-refractivity contribution is 8.26. The first-order valence-electron chi connectivity index (χ1n) is 8.03. The van der Waals surface area contributed by atoms with Crippen molar-refractivity contribution in [1.29, 1.82) is 0 Å². The first-order chi connectivity index (χ1) is 12.9. The fourth-order valence-electron chi connectivity index (χ4n) is 2.45. The van der Waals surface area contributed by atoms with E-state index in [2.05, 4.69) is 5.32 Å². The van der Waals surface area contributed by atoms with Gasteiger partial charge in [-0.3, -0.25) is 14.5 Å². The second-order valence-electron chi connectivity index (χ2n) is 5.70. The minimum Gasteiger partial charge on any atom is -0.508 e. The molecule has 8 heteroatoms. The molecule has 27 heavy (non-hydrogen) atoms. The Kier molecular flexibility index (Phi) is 6.15. The van der Waals surface area contributed by atoms with E-state index >= 15 is 0 Å². The fourth-order valence-corrected chi connectivity index (χ4v) is 3.94. The van der Waals surface area contributed by atoms with E-state index in [1.807, 2.05) is 18.2 Å². The average Bonchev–Trinajstić information content (AvgIpc) is 2.88. The number of nitrogens with zero attached hydrogens (tertiary/aromatic N) is 1. The van der Waals surface area contributed by atoms with Gasteiger partial charge < -0.3 is 10.4 Å². The number of benzene rings is 2. The van der Waals surface area contributed by atoms with E-state index in [0.29, 0.717) is 19.9 Å². The number of thiocarbonyl (C=S) groups is 1. The maximum absolute atomic E-state index is 12.6. The van der Waals surface area contributed by atoms with Crippen molar-refractivity contribution in [2.75, 3.05) is 11.9 Å². The molecule has 0 aromatic heterocycles. The Hall–Kier alpha value is -2.35. The van der Waals surface area contributed by atoms with Gasteiger partial charge in [-0.05, 0) is 29.8 Å². The van der Waals surface area contributed by atoms with Gasteiger partial charge in [-0.15, -0.1) is 0 Å². The number of hydrogen-bond donors (Lipinski definition) is 2. The number of halogens is 1. The number of anilines is 1. The first kappa shape index (κ1) is 19.4. The highest BCUT2D eigenvalue weighted by Crippen LogP contribution is 2.33. The van der Waals surface area contributed by atoms with Crippen molar-refractivity contribution in [2.45, 2.75) is 6.42 Å². The molecule has 0 radical (unpaired) electrons. The number of thioether (sulfide) groups is 1. The molecule has 1 aliphatic heterocycles. The number of carbonyl (C=O) groups excluding carboxylic acids is 2. The molecule has 1 saturated heterocycles. The van der Waals surface area contributed by atoms with Crippen molar-refractivity contribution in [2.24, 2.45) is 0 Å². The fraction of sp³-hybridized carbons (Fsp3) is 0.105. The summed E-state index contributed by atoms with van der Waals surface area (Å²) in [5.41, 5.74) is 1.23. The Bertz CT molecular complexity index is 946. The normalized spacial score (nSPS) is 15.4. The standard InChI is InChI=1S/C19H15ClN2O3S2/c20-15-7-2-1-4-12(15)10-16-18(25)22(19(26)27-16)9-8-17(24)21-13-5-3-6-14(23)11-13/h1-7,10-11,23H,8-9H2,(H,21,24)/b16-10+. The maximum Gasteiger partial charge on any atom is 0.266 e. The van der Waals surface area contributed by atoms with Crippen LogP contribution in [0.25, 0.3) is 6.08 Å². The lowest BCUT2D eigenvalue weighted by Crippen LogP contribution is -2.31. The van der Waals surface area contributed by atoms with E-state index < -0.39 is 0 Å². The van der Waals surface area contributed by atoms with Crippen LogP contribution in [-0.4, -0.2) is 32.7 Å². The van der Waals surface area contributed by atoms with E-state index in [-0.39, 0.29) is 30.5 Å². The predicted octanol–water partition coefficient (Wildman–Crippen LogP) is 4.28. The van der Waals surface area contributed by atoms with Crippen molar-refractivity contribution in [3.05, 3.63) is 64.0 Å². The number of rotatable bonds is 5. The van der Waals surface area contributed by atoms with Crippen LogP contribution in [0, 0.1) is 0 Å². The monoisotopic (exact) mass is 418 g/mol. The van der Waals surface area contributed by atoms with Crippen molar-refractivity contribution >= 4 is 63.5 Å². The summed E-state index contributed by atoms with van der Waals surface area (Å²) in [6, 6.07) is 13.5. The summed E-state index contributed by atoms with van der Waals surface area (Å²) in [6.07, 6.45) is 1.79. The smallest absolute Gasteiger partial charge is 0.266 e. The minimum absolute atomic E-state index is 0.0643. The molecule has 2 aromatic rings. The van der Waals surface area contributed by atoms with Crippen molar-refractivity contribution in [3.63, 3.8) is 0 Å². The number of carbonyl (C=O) groups is 2. The molecule has 0 atom stereocenters. The predicted molar refractivity (Wildman–Crippen MR) is 113 cm³/mol. The van der Waals surface area contributed by atoms with Crippen LogP contribution < -0.4 is 5.32 Å². The first-order valence-corrected chi connectivity index (χ1v) is 9.63. The van der Waals surface area contributed by atoms with Gasteiger partial charge in [0, 0.05) is 29.7 Å². The zero-order valence-corrected chi connectivity index (χ0v) is 16.4. The van der Waals surface area contributed by atoms with Gasteiger partial charge in [0.25, 0.3) is 5.91 Å². The molecule has 2 aromatic carbocycles. The second kappa shape index (κ2) is 8.56. The maximum atomic E-state index is 12.6. The van der Waals surface area contributed by atoms with Gasteiger partial charge in [0.15, 0.2) is 0 Å². The van der Waals surface area contributed by atoms with Crippen LogP contribution in [0.2, 0.25) is 5.02 Å². The lowest BCUT2D eigenvalue weighted by atomic mass is 10.2. The topological polar surface area (TPSA) is 69.6 Å². The Balaban J connectivity index is 1.62. The zero-order valence-electron chi connectivity index (χ0n) is 14.0. The van der Waals surface area contributed by atoms with Crippen LogP contribution in [0.1, 0.15) is 12.0 Å². The van der Waals surface area contributed by atoms with Crippen LogP contribution in [-0.2, 0) is 9.59 Å². The number of hydrogen-bond acceptors (Lipinski definition) is 5. The molecule has 0 saturated carbocycles. The second-order valence-corrected chi connectivity index (χ2v) is 7.79. The number of amides is 2. The molecule has 0 bridgehead atoms. The van der Waals surface area contributed by atoms with Crippen LogP contribution in [0.15, 0.2) is 53.4 Å². The van der Waals surface area contributed by atoms with Crippen LogP contribution in [0.3, 0.4) is 0 Å². The summed E-state index contributed by atoms with van der Waals surface area (Å²) in [7, 11) is 0. The summed E-state index contributed by atoms with van der Waals surface area (Å²) < 4.78 is 0.406. The van der Waals surface area contributed by atoms with E-state index in [9.17, 15) is 14.7 Å². The Labute approximate surface area is 171 Å². The summed E-state index contributed by atoms with van der Waals surface area (Å²) in [5, 5.41) is 12.7. The summed E-state index contributed by atoms with van der Waals surface area (Å²) in [5.74, 6) is -0.450. The third-order valence-corrected chi connectivity index (χ3v) is 5.48. The van der Waals surface area contributed by atoms with Gasteiger partial charge in [-0.25, -0.2) is 0 Å². The van der Waals surface area contributed by atoms with Crippen LogP contribution in [0.5, 0.6) is 5.75 Å². The zero-order chi connectivity index (χ0) is 19.4. The van der Waals surface area contributed by atoms with Gasteiger partial charge in [0.1, 0.15) is 10.1 Å². The van der Waals surface area contributed by atoms with Crippen molar-refractivity contribution < 1.29 is 14.7 Å². The number of nitrogens with one attached hydrogen (secondary N) is 1. The molecule has 0 unspecified atom stereocenters. The van der Waals surface area contributed by atoms with E-state index in [0.717, 1.165) is 5.56 Å². The molecule has 1 aliphatic rings. The van der Waals surface area contributed by atoms with E-state index in [1.54, 1.807) is 24.3 Å². The number of phenolic OH excluding ortho intramolecular Hbond substituents is 1. The van der Waals surface area contributed by atoms with Gasteiger partial charge in [-0.2, -0.15) is 0 Å². The molecule has 3 rings (SSSR count). The average molecular weight is 419 g/mol. The molecule has 0 spiro atoms. The van der Waals surface area contributed by atoms with Crippen molar-refractivity contribution in [3.8, 4) is 5.75 Å². The van der Waals surface area contributed by atoms with E-state index in [1.165, 1.54) is 28.8 Å². The van der Waals surface area contributed by atoms with Crippen LogP contribution >= 0.6 is 35.6 Å². The summed E-state index contributed by atoms with van der Waals surface area (Å²) in [4.78, 5) is 26.6. The molecule has 138 valence electrons. The highest BCUT2D eigenvalue weighted by Gasteiger charge is 2.32. The molecule has 5 nitrogen and oxygen atoms in total. The molecular weight excluding hydrogens is 404 g/mol. The highest BCUT2D eigenvalue weighted by atomic mass is 35.5. The number of phenols is 1.